The number of anilines is 1. The van der Waals surface area contributed by atoms with Gasteiger partial charge in [0, 0.05) is 5.69 Å². The van der Waals surface area contributed by atoms with Crippen LogP contribution < -0.4 is 5.32 Å². The zero-order valence-corrected chi connectivity index (χ0v) is 11.9. The van der Waals surface area contributed by atoms with E-state index in [0.29, 0.717) is 16.8 Å². The highest BCUT2D eigenvalue weighted by Crippen LogP contribution is 2.19. The molecule has 6 heteroatoms. The Kier molecular flexibility index (Phi) is 4.50. The van der Waals surface area contributed by atoms with Crippen LogP contribution in [0.3, 0.4) is 0 Å². The molecule has 0 atom stereocenters. The normalized spacial score (nSPS) is 10.2. The fourth-order valence-electron chi connectivity index (χ4n) is 1.91. The van der Waals surface area contributed by atoms with Crippen molar-refractivity contribution >= 4 is 17.6 Å². The van der Waals surface area contributed by atoms with Gasteiger partial charge in [-0.3, -0.25) is 4.79 Å². The molecule has 114 valence electrons. The molecule has 2 rings (SSSR count). The monoisotopic (exact) mass is 305 g/mol. The molecule has 0 bridgehead atoms. The fourth-order valence-corrected chi connectivity index (χ4v) is 1.91. The molecule has 0 saturated heterocycles. The minimum Gasteiger partial charge on any atom is -0.465 e. The quantitative estimate of drug-likeness (QED) is 0.885. The van der Waals surface area contributed by atoms with Crippen molar-refractivity contribution in [1.29, 1.82) is 0 Å². The number of nitrogens with one attached hydrogen (secondary N) is 1. The van der Waals surface area contributed by atoms with E-state index in [9.17, 15) is 18.4 Å². The molecule has 2 aromatic carbocycles. The second-order valence-electron chi connectivity index (χ2n) is 4.60. The maximum atomic E-state index is 13.6. The third-order valence-corrected chi connectivity index (χ3v) is 3.07. The van der Waals surface area contributed by atoms with Crippen LogP contribution in [-0.2, 0) is 4.74 Å². The molecule has 0 aromatic heterocycles. The second-order valence-corrected chi connectivity index (χ2v) is 4.60. The van der Waals surface area contributed by atoms with Crippen molar-refractivity contribution in [1.82, 2.24) is 0 Å². The molecule has 0 aliphatic rings. The van der Waals surface area contributed by atoms with E-state index in [-0.39, 0.29) is 0 Å². The second kappa shape index (κ2) is 6.34. The molecule has 0 aliphatic heterocycles. The largest absolute Gasteiger partial charge is 0.465 e. The number of ether oxygens (including phenoxy) is 1. The highest BCUT2D eigenvalue weighted by molar-refractivity contribution is 6.05. The Labute approximate surface area is 125 Å². The van der Waals surface area contributed by atoms with Crippen LogP contribution in [0.1, 0.15) is 26.3 Å². The van der Waals surface area contributed by atoms with E-state index in [0.717, 1.165) is 18.2 Å². The Morgan fingerprint density at radius 1 is 1.09 bits per heavy atom. The number of amides is 1. The molecule has 22 heavy (non-hydrogen) atoms. The summed E-state index contributed by atoms with van der Waals surface area (Å²) < 4.78 is 31.3. The number of hydrogen-bond acceptors (Lipinski definition) is 3. The van der Waals surface area contributed by atoms with Gasteiger partial charge in [0.05, 0.1) is 18.2 Å². The third-order valence-electron chi connectivity index (χ3n) is 3.07. The average molecular weight is 305 g/mol. The Morgan fingerprint density at radius 3 is 2.45 bits per heavy atom. The lowest BCUT2D eigenvalue weighted by atomic mass is 10.1. The first-order valence-corrected chi connectivity index (χ1v) is 6.37. The Balaban J connectivity index is 2.25. The molecule has 1 N–H and O–H groups in total. The van der Waals surface area contributed by atoms with Crippen molar-refractivity contribution in [3.63, 3.8) is 0 Å². The topological polar surface area (TPSA) is 55.4 Å². The number of carbonyl (C=O) groups is 2. The van der Waals surface area contributed by atoms with Gasteiger partial charge in [-0.2, -0.15) is 0 Å². The third kappa shape index (κ3) is 3.28. The molecule has 0 fully saturated rings. The summed E-state index contributed by atoms with van der Waals surface area (Å²) in [6.45, 7) is 1.67. The van der Waals surface area contributed by atoms with Gasteiger partial charge in [-0.25, -0.2) is 13.6 Å². The van der Waals surface area contributed by atoms with Gasteiger partial charge in [-0.05, 0) is 48.9 Å². The number of carbonyl (C=O) groups excluding carboxylic acids is 2. The molecule has 0 radical (unpaired) electrons. The summed E-state index contributed by atoms with van der Waals surface area (Å²) in [5, 5.41) is 2.48. The lowest BCUT2D eigenvalue weighted by Crippen LogP contribution is -2.15. The number of halogens is 2. The number of hydrogen-bond donors (Lipinski definition) is 1. The SMILES string of the molecule is COC(=O)c1ccc(NC(=O)c2cc(F)ccc2F)c(C)c1. The molecule has 0 heterocycles. The Hall–Kier alpha value is -2.76. The number of esters is 1. The highest BCUT2D eigenvalue weighted by Gasteiger charge is 2.15. The zero-order valence-electron chi connectivity index (χ0n) is 11.9. The van der Waals surface area contributed by atoms with Crippen LogP contribution in [0.25, 0.3) is 0 Å². The first kappa shape index (κ1) is 15.6. The van der Waals surface area contributed by atoms with Crippen LogP contribution >= 0.6 is 0 Å². The number of aryl methyl sites for hydroxylation is 1. The van der Waals surface area contributed by atoms with E-state index in [4.69, 9.17) is 0 Å². The summed E-state index contributed by atoms with van der Waals surface area (Å²) in [6, 6.07) is 7.14. The summed E-state index contributed by atoms with van der Waals surface area (Å²) in [7, 11) is 1.26. The van der Waals surface area contributed by atoms with Crippen LogP contribution in [0.5, 0.6) is 0 Å². The fraction of sp³-hybridized carbons (Fsp3) is 0.125. The van der Waals surface area contributed by atoms with Crippen LogP contribution in [0.15, 0.2) is 36.4 Å². The smallest absolute Gasteiger partial charge is 0.337 e. The summed E-state index contributed by atoms with van der Waals surface area (Å²) in [5.41, 5.74) is 0.917. The van der Waals surface area contributed by atoms with Crippen LogP contribution in [0.4, 0.5) is 14.5 Å². The molecular weight excluding hydrogens is 292 g/mol. The molecular formula is C16H13F2NO3. The highest BCUT2D eigenvalue weighted by atomic mass is 19.1. The first-order chi connectivity index (χ1) is 10.4. The summed E-state index contributed by atoms with van der Waals surface area (Å²) in [5.74, 6) is -2.80. The minimum absolute atomic E-state index is 0.329. The number of methoxy groups -OCH3 is 1. The van der Waals surface area contributed by atoms with Crippen molar-refractivity contribution in [3.8, 4) is 0 Å². The lowest BCUT2D eigenvalue weighted by Gasteiger charge is -2.10. The maximum absolute atomic E-state index is 13.6. The van der Waals surface area contributed by atoms with Crippen LogP contribution in [0, 0.1) is 18.6 Å². The zero-order chi connectivity index (χ0) is 16.3. The van der Waals surface area contributed by atoms with Crippen molar-refractivity contribution < 1.29 is 23.1 Å². The van der Waals surface area contributed by atoms with Crippen molar-refractivity contribution in [2.45, 2.75) is 6.92 Å². The maximum Gasteiger partial charge on any atom is 0.337 e. The van der Waals surface area contributed by atoms with Crippen LogP contribution in [-0.4, -0.2) is 19.0 Å². The van der Waals surface area contributed by atoms with Gasteiger partial charge < -0.3 is 10.1 Å². The molecule has 0 saturated carbocycles. The summed E-state index contributed by atoms with van der Waals surface area (Å²) >= 11 is 0. The van der Waals surface area contributed by atoms with E-state index >= 15 is 0 Å². The van der Waals surface area contributed by atoms with E-state index in [2.05, 4.69) is 10.1 Å². The first-order valence-electron chi connectivity index (χ1n) is 6.37. The summed E-state index contributed by atoms with van der Waals surface area (Å²) in [4.78, 5) is 23.4. The average Bonchev–Trinajstić information content (AvgIpc) is 2.50. The number of benzene rings is 2. The molecule has 2 aromatic rings. The van der Waals surface area contributed by atoms with Crippen molar-refractivity contribution in [2.24, 2.45) is 0 Å². The van der Waals surface area contributed by atoms with E-state index < -0.39 is 29.1 Å². The van der Waals surface area contributed by atoms with Gasteiger partial charge in [0.15, 0.2) is 0 Å². The van der Waals surface area contributed by atoms with Crippen molar-refractivity contribution in [2.75, 3.05) is 12.4 Å². The molecule has 0 unspecified atom stereocenters. The van der Waals surface area contributed by atoms with Gasteiger partial charge in [0.1, 0.15) is 11.6 Å². The Bertz CT molecular complexity index is 744. The standard InChI is InChI=1S/C16H13F2NO3/c1-9-7-10(16(21)22-2)3-6-14(9)19-15(20)12-8-11(17)4-5-13(12)18/h3-8H,1-2H3,(H,19,20). The number of rotatable bonds is 3. The van der Waals surface area contributed by atoms with Gasteiger partial charge >= 0.3 is 5.97 Å². The molecule has 0 aliphatic carbocycles. The molecule has 0 spiro atoms. The van der Waals surface area contributed by atoms with Gasteiger partial charge in [-0.1, -0.05) is 0 Å². The molecule has 4 nitrogen and oxygen atoms in total. The predicted octanol–water partition coefficient (Wildman–Crippen LogP) is 3.31. The Morgan fingerprint density at radius 2 is 1.82 bits per heavy atom. The lowest BCUT2D eigenvalue weighted by molar-refractivity contribution is 0.0600. The summed E-state index contributed by atoms with van der Waals surface area (Å²) in [6.07, 6.45) is 0. The van der Waals surface area contributed by atoms with Crippen LogP contribution in [0.2, 0.25) is 0 Å². The minimum atomic E-state index is -0.817. The van der Waals surface area contributed by atoms with Gasteiger partial charge in [0.25, 0.3) is 5.91 Å². The van der Waals surface area contributed by atoms with E-state index in [1.807, 2.05) is 0 Å². The van der Waals surface area contributed by atoms with Gasteiger partial charge in [0.2, 0.25) is 0 Å². The molecule has 1 amide bonds. The predicted molar refractivity (Wildman–Crippen MR) is 76.8 cm³/mol. The van der Waals surface area contributed by atoms with Crippen molar-refractivity contribution in [3.05, 3.63) is 64.7 Å². The van der Waals surface area contributed by atoms with Gasteiger partial charge in [-0.15, -0.1) is 0 Å². The van der Waals surface area contributed by atoms with E-state index in [1.165, 1.54) is 25.3 Å². The van der Waals surface area contributed by atoms with E-state index in [1.54, 1.807) is 6.92 Å².